The van der Waals surface area contributed by atoms with E-state index in [1.54, 1.807) is 23.3 Å². The van der Waals surface area contributed by atoms with E-state index in [1.807, 2.05) is 41.8 Å². The molecule has 102 valence electrons. The first kappa shape index (κ1) is 13.5. The largest absolute Gasteiger partial charge is 0.273 e. The first-order valence-electron chi connectivity index (χ1n) is 6.32. The third-order valence-electron chi connectivity index (χ3n) is 3.29. The van der Waals surface area contributed by atoms with Crippen LogP contribution >= 0.6 is 27.3 Å². The molecule has 1 atom stereocenters. The number of carbonyl (C=O) groups excluding carboxylic acids is 1. The summed E-state index contributed by atoms with van der Waals surface area (Å²) in [6.45, 7) is 1.56. The van der Waals surface area contributed by atoms with Crippen molar-refractivity contribution in [1.29, 1.82) is 0 Å². The minimum atomic E-state index is -0.0236. The van der Waals surface area contributed by atoms with Crippen molar-refractivity contribution in [2.45, 2.75) is 19.4 Å². The number of hydrazone groups is 1. The van der Waals surface area contributed by atoms with Crippen molar-refractivity contribution in [3.63, 3.8) is 0 Å². The van der Waals surface area contributed by atoms with Crippen LogP contribution in [0.4, 0.5) is 0 Å². The van der Waals surface area contributed by atoms with E-state index in [4.69, 9.17) is 0 Å². The van der Waals surface area contributed by atoms with Crippen LogP contribution < -0.4 is 0 Å². The van der Waals surface area contributed by atoms with Gasteiger partial charge in [0.1, 0.15) is 0 Å². The standard InChI is InChI=1S/C15H13BrN2OS/c1-10(19)18-14(11-4-6-12(16)7-5-11)9-13(17-18)15-3-2-8-20-15/h2-8,14H,9H2,1H3/t14-/m0/s1. The van der Waals surface area contributed by atoms with E-state index in [-0.39, 0.29) is 11.9 Å². The first-order valence-corrected chi connectivity index (χ1v) is 7.99. The Hall–Kier alpha value is -1.46. The van der Waals surface area contributed by atoms with Crippen molar-refractivity contribution in [1.82, 2.24) is 5.01 Å². The Balaban J connectivity index is 1.93. The minimum Gasteiger partial charge on any atom is -0.273 e. The summed E-state index contributed by atoms with van der Waals surface area (Å²) < 4.78 is 1.04. The van der Waals surface area contributed by atoms with Crippen LogP contribution in [-0.2, 0) is 4.79 Å². The highest BCUT2D eigenvalue weighted by molar-refractivity contribution is 9.10. The number of nitrogens with zero attached hydrogens (tertiary/aromatic N) is 2. The van der Waals surface area contributed by atoms with Gasteiger partial charge in [0, 0.05) is 17.8 Å². The van der Waals surface area contributed by atoms with Crippen molar-refractivity contribution >= 4 is 38.9 Å². The van der Waals surface area contributed by atoms with Gasteiger partial charge in [-0.25, -0.2) is 5.01 Å². The molecule has 0 radical (unpaired) electrons. The Morgan fingerprint density at radius 2 is 2.10 bits per heavy atom. The molecule has 5 heteroatoms. The predicted molar refractivity (Wildman–Crippen MR) is 84.9 cm³/mol. The number of amides is 1. The van der Waals surface area contributed by atoms with Gasteiger partial charge in [-0.15, -0.1) is 11.3 Å². The lowest BCUT2D eigenvalue weighted by atomic mass is 10.0. The molecule has 0 saturated carbocycles. The van der Waals surface area contributed by atoms with Crippen LogP contribution in [0.3, 0.4) is 0 Å². The zero-order chi connectivity index (χ0) is 14.1. The highest BCUT2D eigenvalue weighted by atomic mass is 79.9. The monoisotopic (exact) mass is 348 g/mol. The molecule has 2 aromatic rings. The number of carbonyl (C=O) groups is 1. The summed E-state index contributed by atoms with van der Waals surface area (Å²) in [5, 5.41) is 8.14. The van der Waals surface area contributed by atoms with Crippen LogP contribution in [0, 0.1) is 0 Å². The lowest BCUT2D eigenvalue weighted by Gasteiger charge is -2.20. The number of benzene rings is 1. The molecular weight excluding hydrogens is 336 g/mol. The van der Waals surface area contributed by atoms with E-state index < -0.39 is 0 Å². The molecule has 1 aliphatic heterocycles. The molecule has 1 amide bonds. The average molecular weight is 349 g/mol. The first-order chi connectivity index (χ1) is 9.65. The molecule has 0 saturated heterocycles. The van der Waals surface area contributed by atoms with Gasteiger partial charge in [-0.1, -0.05) is 34.1 Å². The maximum atomic E-state index is 11.8. The maximum Gasteiger partial charge on any atom is 0.240 e. The minimum absolute atomic E-state index is 0.00213. The molecule has 2 heterocycles. The number of hydrogen-bond donors (Lipinski definition) is 0. The molecule has 0 N–H and O–H groups in total. The lowest BCUT2D eigenvalue weighted by molar-refractivity contribution is -0.130. The second kappa shape index (κ2) is 5.50. The molecule has 1 aromatic heterocycles. The summed E-state index contributed by atoms with van der Waals surface area (Å²) in [4.78, 5) is 13.0. The second-order valence-corrected chi connectivity index (χ2v) is 6.52. The third-order valence-corrected chi connectivity index (χ3v) is 4.74. The number of hydrogen-bond acceptors (Lipinski definition) is 3. The van der Waals surface area contributed by atoms with Crippen molar-refractivity contribution < 1.29 is 4.79 Å². The van der Waals surface area contributed by atoms with E-state index >= 15 is 0 Å². The number of thiophene rings is 1. The Kier molecular flexibility index (Phi) is 3.72. The number of halogens is 1. The number of rotatable bonds is 2. The molecule has 0 spiro atoms. The van der Waals surface area contributed by atoms with Crippen molar-refractivity contribution in [3.05, 3.63) is 56.7 Å². The smallest absolute Gasteiger partial charge is 0.240 e. The van der Waals surface area contributed by atoms with Crippen molar-refractivity contribution in [2.75, 3.05) is 0 Å². The van der Waals surface area contributed by atoms with Crippen molar-refractivity contribution in [3.8, 4) is 0 Å². The Bertz CT molecular complexity index is 649. The summed E-state index contributed by atoms with van der Waals surface area (Å²) in [5.74, 6) is -0.0236. The van der Waals surface area contributed by atoms with Crippen LogP contribution in [0.25, 0.3) is 0 Å². The third kappa shape index (κ3) is 2.55. The average Bonchev–Trinajstić information content (AvgIpc) is 3.08. The quantitative estimate of drug-likeness (QED) is 0.800. The summed E-state index contributed by atoms with van der Waals surface area (Å²) in [7, 11) is 0. The van der Waals surface area contributed by atoms with Crippen LogP contribution in [0.1, 0.15) is 29.8 Å². The van der Waals surface area contributed by atoms with Crippen LogP contribution in [-0.4, -0.2) is 16.6 Å². The Morgan fingerprint density at radius 1 is 1.35 bits per heavy atom. The summed E-state index contributed by atoms with van der Waals surface area (Å²) in [6.07, 6.45) is 0.766. The van der Waals surface area contributed by atoms with Crippen molar-refractivity contribution in [2.24, 2.45) is 5.10 Å². The normalized spacial score (nSPS) is 18.2. The summed E-state index contributed by atoms with van der Waals surface area (Å²) in [6, 6.07) is 12.1. The molecule has 0 fully saturated rings. The van der Waals surface area contributed by atoms with Gasteiger partial charge in [0.25, 0.3) is 0 Å². The van der Waals surface area contributed by atoms with E-state index in [9.17, 15) is 4.79 Å². The maximum absolute atomic E-state index is 11.8. The molecule has 0 aliphatic carbocycles. The summed E-state index contributed by atoms with van der Waals surface area (Å²) >= 11 is 5.09. The molecule has 1 aliphatic rings. The highest BCUT2D eigenvalue weighted by Gasteiger charge is 2.31. The zero-order valence-corrected chi connectivity index (χ0v) is 13.3. The summed E-state index contributed by atoms with van der Waals surface area (Å²) in [5.41, 5.74) is 2.10. The lowest BCUT2D eigenvalue weighted by Crippen LogP contribution is -2.24. The fourth-order valence-corrected chi connectivity index (χ4v) is 3.32. The molecule has 0 unspecified atom stereocenters. The fourth-order valence-electron chi connectivity index (χ4n) is 2.34. The van der Waals surface area contributed by atoms with Crippen LogP contribution in [0.5, 0.6) is 0 Å². The zero-order valence-electron chi connectivity index (χ0n) is 10.9. The highest BCUT2D eigenvalue weighted by Crippen LogP contribution is 2.34. The van der Waals surface area contributed by atoms with Gasteiger partial charge in [-0.2, -0.15) is 5.10 Å². The molecule has 3 nitrogen and oxygen atoms in total. The van der Waals surface area contributed by atoms with Gasteiger partial charge in [-0.05, 0) is 29.1 Å². The van der Waals surface area contributed by atoms with Gasteiger partial charge in [-0.3, -0.25) is 4.79 Å². The SMILES string of the molecule is CC(=O)N1N=C(c2cccs2)C[C@H]1c1ccc(Br)cc1. The van der Waals surface area contributed by atoms with E-state index in [0.29, 0.717) is 0 Å². The molecular formula is C15H13BrN2OS. The van der Waals surface area contributed by atoms with Gasteiger partial charge in [0.15, 0.2) is 0 Å². The second-order valence-electron chi connectivity index (χ2n) is 4.66. The predicted octanol–water partition coefficient (Wildman–Crippen LogP) is 4.21. The van der Waals surface area contributed by atoms with Gasteiger partial charge in [0.05, 0.1) is 16.6 Å². The van der Waals surface area contributed by atoms with E-state index in [1.165, 1.54) is 0 Å². The van der Waals surface area contributed by atoms with Gasteiger partial charge < -0.3 is 0 Å². The van der Waals surface area contributed by atoms with E-state index in [2.05, 4.69) is 21.0 Å². The molecule has 1 aromatic carbocycles. The van der Waals surface area contributed by atoms with Crippen LogP contribution in [0.15, 0.2) is 51.4 Å². The molecule has 20 heavy (non-hydrogen) atoms. The van der Waals surface area contributed by atoms with E-state index in [0.717, 1.165) is 27.0 Å². The van der Waals surface area contributed by atoms with Gasteiger partial charge >= 0.3 is 0 Å². The molecule has 0 bridgehead atoms. The Labute approximate surface area is 130 Å². The van der Waals surface area contributed by atoms with Crippen LogP contribution in [0.2, 0.25) is 0 Å². The molecule has 3 rings (SSSR count). The fraction of sp³-hybridized carbons (Fsp3) is 0.200. The van der Waals surface area contributed by atoms with Gasteiger partial charge in [0.2, 0.25) is 5.91 Å². The Morgan fingerprint density at radius 3 is 2.70 bits per heavy atom. The topological polar surface area (TPSA) is 32.7 Å².